The number of piperidine rings is 1. The zero-order valence-corrected chi connectivity index (χ0v) is 10.3. The molecule has 0 amide bonds. The summed E-state index contributed by atoms with van der Waals surface area (Å²) in [6, 6.07) is 8.87. The van der Waals surface area contributed by atoms with Crippen LogP contribution in [0.3, 0.4) is 0 Å². The summed E-state index contributed by atoms with van der Waals surface area (Å²) in [4.78, 5) is 0. The molecule has 1 heterocycles. The van der Waals surface area contributed by atoms with E-state index in [0.29, 0.717) is 0 Å². The Morgan fingerprint density at radius 3 is 2.69 bits per heavy atom. The van der Waals surface area contributed by atoms with E-state index in [1.807, 2.05) is 0 Å². The summed E-state index contributed by atoms with van der Waals surface area (Å²) in [5.74, 6) is 0.744. The predicted octanol–water partition coefficient (Wildman–Crippen LogP) is 3.40. The molecule has 1 aliphatic rings. The first kappa shape index (κ1) is 11.4. The molecule has 0 spiro atoms. The Hall–Kier alpha value is -1.08. The predicted molar refractivity (Wildman–Crippen MR) is 70.4 cm³/mol. The third-order valence-corrected chi connectivity index (χ3v) is 3.44. The van der Waals surface area contributed by atoms with Crippen LogP contribution in [-0.2, 0) is 0 Å². The van der Waals surface area contributed by atoms with E-state index < -0.39 is 0 Å². The topological polar surface area (TPSA) is 12.0 Å². The molecule has 0 saturated carbocycles. The molecule has 1 aliphatic heterocycles. The van der Waals surface area contributed by atoms with Crippen LogP contribution in [0.15, 0.2) is 30.3 Å². The quantitative estimate of drug-likeness (QED) is 0.797. The van der Waals surface area contributed by atoms with Crippen molar-refractivity contribution in [1.82, 2.24) is 5.32 Å². The minimum absolute atomic E-state index is 0.744. The summed E-state index contributed by atoms with van der Waals surface area (Å²) >= 11 is 0. The van der Waals surface area contributed by atoms with Gasteiger partial charge < -0.3 is 5.32 Å². The maximum absolute atomic E-state index is 3.43. The molecule has 1 heteroatoms. The van der Waals surface area contributed by atoms with Crippen LogP contribution >= 0.6 is 0 Å². The first-order valence-electron chi connectivity index (χ1n) is 6.25. The van der Waals surface area contributed by atoms with E-state index in [2.05, 4.69) is 49.5 Å². The van der Waals surface area contributed by atoms with Crippen LogP contribution in [0.25, 0.3) is 5.57 Å². The molecule has 1 saturated heterocycles. The number of rotatable bonds is 2. The summed E-state index contributed by atoms with van der Waals surface area (Å²) in [5, 5.41) is 3.43. The molecule has 16 heavy (non-hydrogen) atoms. The minimum atomic E-state index is 0.744. The van der Waals surface area contributed by atoms with Gasteiger partial charge >= 0.3 is 0 Å². The van der Waals surface area contributed by atoms with Crippen molar-refractivity contribution in [3.8, 4) is 0 Å². The average Bonchev–Trinajstić information content (AvgIpc) is 2.31. The van der Waals surface area contributed by atoms with Gasteiger partial charge in [0.25, 0.3) is 0 Å². The molecule has 0 atom stereocenters. The molecule has 2 rings (SSSR count). The Labute approximate surface area is 98.6 Å². The van der Waals surface area contributed by atoms with Crippen molar-refractivity contribution in [1.29, 1.82) is 0 Å². The SMILES string of the molecule is CC=C(c1cccc(C)c1)C1CCNCC1. The maximum Gasteiger partial charge on any atom is -0.00431 e. The van der Waals surface area contributed by atoms with Crippen molar-refractivity contribution in [3.63, 3.8) is 0 Å². The molecular weight excluding hydrogens is 194 g/mol. The highest BCUT2D eigenvalue weighted by Gasteiger charge is 2.17. The first-order valence-corrected chi connectivity index (χ1v) is 6.25. The molecule has 1 nitrogen and oxygen atoms in total. The number of hydrogen-bond acceptors (Lipinski definition) is 1. The van der Waals surface area contributed by atoms with E-state index in [4.69, 9.17) is 0 Å². The van der Waals surface area contributed by atoms with Gasteiger partial charge in [-0.05, 0) is 56.8 Å². The Kier molecular flexibility index (Phi) is 3.79. The van der Waals surface area contributed by atoms with Crippen molar-refractivity contribution < 1.29 is 0 Å². The molecule has 1 N–H and O–H groups in total. The molecule has 1 fully saturated rings. The van der Waals surface area contributed by atoms with Gasteiger partial charge in [0, 0.05) is 0 Å². The summed E-state index contributed by atoms with van der Waals surface area (Å²) in [5.41, 5.74) is 4.30. The van der Waals surface area contributed by atoms with Gasteiger partial charge in [-0.25, -0.2) is 0 Å². The zero-order chi connectivity index (χ0) is 11.4. The maximum atomic E-state index is 3.43. The van der Waals surface area contributed by atoms with Gasteiger partial charge in [0.1, 0.15) is 0 Å². The van der Waals surface area contributed by atoms with Gasteiger partial charge in [0.05, 0.1) is 0 Å². The van der Waals surface area contributed by atoms with Crippen LogP contribution in [0.5, 0.6) is 0 Å². The number of benzene rings is 1. The number of aryl methyl sites for hydroxylation is 1. The zero-order valence-electron chi connectivity index (χ0n) is 10.3. The van der Waals surface area contributed by atoms with E-state index in [-0.39, 0.29) is 0 Å². The fourth-order valence-corrected chi connectivity index (χ4v) is 2.60. The second-order valence-corrected chi connectivity index (χ2v) is 4.64. The molecule has 86 valence electrons. The molecule has 0 bridgehead atoms. The monoisotopic (exact) mass is 215 g/mol. The van der Waals surface area contributed by atoms with Crippen LogP contribution in [0.1, 0.15) is 30.9 Å². The molecule has 0 radical (unpaired) electrons. The molecule has 0 aromatic heterocycles. The van der Waals surface area contributed by atoms with Crippen molar-refractivity contribution in [2.24, 2.45) is 5.92 Å². The molecule has 1 aromatic carbocycles. The lowest BCUT2D eigenvalue weighted by atomic mass is 9.85. The van der Waals surface area contributed by atoms with Gasteiger partial charge in [-0.2, -0.15) is 0 Å². The smallest absolute Gasteiger partial charge is 0.00431 e. The third kappa shape index (κ3) is 2.53. The Morgan fingerprint density at radius 2 is 2.06 bits per heavy atom. The van der Waals surface area contributed by atoms with Gasteiger partial charge in [-0.1, -0.05) is 35.9 Å². The second kappa shape index (κ2) is 5.31. The highest BCUT2D eigenvalue weighted by Crippen LogP contribution is 2.30. The van der Waals surface area contributed by atoms with Crippen molar-refractivity contribution in [3.05, 3.63) is 41.5 Å². The lowest BCUT2D eigenvalue weighted by molar-refractivity contribution is 0.446. The van der Waals surface area contributed by atoms with Crippen LogP contribution in [0.2, 0.25) is 0 Å². The highest BCUT2D eigenvalue weighted by atomic mass is 14.9. The van der Waals surface area contributed by atoms with E-state index >= 15 is 0 Å². The Morgan fingerprint density at radius 1 is 1.31 bits per heavy atom. The number of hydrogen-bond donors (Lipinski definition) is 1. The summed E-state index contributed by atoms with van der Waals surface area (Å²) in [6.45, 7) is 6.65. The lowest BCUT2D eigenvalue weighted by Crippen LogP contribution is -2.28. The summed E-state index contributed by atoms with van der Waals surface area (Å²) in [7, 11) is 0. The number of nitrogens with one attached hydrogen (secondary N) is 1. The summed E-state index contributed by atoms with van der Waals surface area (Å²) in [6.07, 6.45) is 4.84. The number of allylic oxidation sites excluding steroid dienone is 2. The molecule has 1 aromatic rings. The van der Waals surface area contributed by atoms with E-state index in [1.54, 1.807) is 0 Å². The van der Waals surface area contributed by atoms with Gasteiger partial charge in [-0.3, -0.25) is 0 Å². The minimum Gasteiger partial charge on any atom is -0.317 e. The van der Waals surface area contributed by atoms with Gasteiger partial charge in [0.2, 0.25) is 0 Å². The van der Waals surface area contributed by atoms with Crippen LogP contribution in [-0.4, -0.2) is 13.1 Å². The molecule has 0 aliphatic carbocycles. The standard InChI is InChI=1S/C15H21N/c1-3-15(13-7-9-16-10-8-13)14-6-4-5-12(2)11-14/h3-6,11,13,16H,7-10H2,1-2H3. The Bertz CT molecular complexity index is 373. The van der Waals surface area contributed by atoms with Crippen LogP contribution in [0.4, 0.5) is 0 Å². The highest BCUT2D eigenvalue weighted by molar-refractivity contribution is 5.67. The van der Waals surface area contributed by atoms with Crippen LogP contribution in [0, 0.1) is 12.8 Å². The van der Waals surface area contributed by atoms with Crippen molar-refractivity contribution in [2.75, 3.05) is 13.1 Å². The van der Waals surface area contributed by atoms with E-state index in [0.717, 1.165) is 19.0 Å². The fourth-order valence-electron chi connectivity index (χ4n) is 2.60. The average molecular weight is 215 g/mol. The van der Waals surface area contributed by atoms with E-state index in [1.165, 1.54) is 29.5 Å². The lowest BCUT2D eigenvalue weighted by Gasteiger charge is -2.25. The Balaban J connectivity index is 2.22. The third-order valence-electron chi connectivity index (χ3n) is 3.44. The van der Waals surface area contributed by atoms with E-state index in [9.17, 15) is 0 Å². The van der Waals surface area contributed by atoms with Gasteiger partial charge in [-0.15, -0.1) is 0 Å². The van der Waals surface area contributed by atoms with Gasteiger partial charge in [0.15, 0.2) is 0 Å². The fraction of sp³-hybridized carbons (Fsp3) is 0.467. The largest absolute Gasteiger partial charge is 0.317 e. The normalized spacial score (nSPS) is 18.8. The second-order valence-electron chi connectivity index (χ2n) is 4.64. The molecule has 0 unspecified atom stereocenters. The summed E-state index contributed by atoms with van der Waals surface area (Å²) < 4.78 is 0. The van der Waals surface area contributed by atoms with Crippen molar-refractivity contribution in [2.45, 2.75) is 26.7 Å². The molecular formula is C15H21N. The first-order chi connectivity index (χ1) is 7.81. The van der Waals surface area contributed by atoms with Crippen molar-refractivity contribution >= 4 is 5.57 Å². The van der Waals surface area contributed by atoms with Crippen LogP contribution < -0.4 is 5.32 Å².